The zero-order valence-electron chi connectivity index (χ0n) is 13.1. The van der Waals surface area contributed by atoms with Crippen LogP contribution in [-0.2, 0) is 14.4 Å². The second-order valence-electron chi connectivity index (χ2n) is 6.04. The molecule has 1 aliphatic heterocycles. The van der Waals surface area contributed by atoms with Crippen LogP contribution in [0.1, 0.15) is 52.4 Å². The van der Waals surface area contributed by atoms with Gasteiger partial charge in [0.2, 0.25) is 5.91 Å². The molecule has 1 N–H and O–H groups in total. The van der Waals surface area contributed by atoms with E-state index in [2.05, 4.69) is 5.32 Å². The van der Waals surface area contributed by atoms with Crippen molar-refractivity contribution in [3.63, 3.8) is 0 Å². The number of urea groups is 1. The summed E-state index contributed by atoms with van der Waals surface area (Å²) in [7, 11) is 0. The quantitative estimate of drug-likeness (QED) is 0.586. The first kappa shape index (κ1) is 16.5. The van der Waals surface area contributed by atoms with E-state index in [9.17, 15) is 19.2 Å². The van der Waals surface area contributed by atoms with E-state index in [4.69, 9.17) is 0 Å². The minimum absolute atomic E-state index is 0.0213. The first-order chi connectivity index (χ1) is 10.5. The van der Waals surface area contributed by atoms with Crippen LogP contribution < -0.4 is 5.32 Å². The highest BCUT2D eigenvalue weighted by atomic mass is 16.2. The van der Waals surface area contributed by atoms with E-state index >= 15 is 0 Å². The Morgan fingerprint density at radius 1 is 1.23 bits per heavy atom. The summed E-state index contributed by atoms with van der Waals surface area (Å²) < 4.78 is 0. The molecule has 0 aromatic carbocycles. The molecule has 2 rings (SSSR count). The molecule has 1 heterocycles. The normalized spacial score (nSPS) is 20.9. The van der Waals surface area contributed by atoms with Gasteiger partial charge in [-0.1, -0.05) is 26.2 Å². The van der Waals surface area contributed by atoms with Gasteiger partial charge in [-0.2, -0.15) is 0 Å². The summed E-state index contributed by atoms with van der Waals surface area (Å²) in [6, 6.07) is -0.872. The summed E-state index contributed by atoms with van der Waals surface area (Å²) in [6.45, 7) is 3.49. The van der Waals surface area contributed by atoms with Crippen LogP contribution in [-0.4, -0.2) is 52.2 Å². The standard InChI is InChI=1S/C15H23N3O4/c1-3-6-10(2)16-12(19)9-17-13(20)14(21)18(15(17)22)11-7-4-5-8-11/h10-11H,3-9H2,1-2H3,(H,16,19)/t10-/m1/s1. The molecule has 1 aliphatic carbocycles. The summed E-state index contributed by atoms with van der Waals surface area (Å²) in [6.07, 6.45) is 5.12. The van der Waals surface area contributed by atoms with Gasteiger partial charge in [-0.3, -0.25) is 19.3 Å². The van der Waals surface area contributed by atoms with Crippen molar-refractivity contribution in [2.24, 2.45) is 0 Å². The van der Waals surface area contributed by atoms with E-state index in [1.165, 1.54) is 0 Å². The molecule has 1 saturated carbocycles. The molecule has 5 amide bonds. The summed E-state index contributed by atoms with van der Waals surface area (Å²) in [4.78, 5) is 50.0. The second kappa shape index (κ2) is 6.89. The Bertz CT molecular complexity index is 485. The van der Waals surface area contributed by atoms with Gasteiger partial charge in [0.25, 0.3) is 0 Å². The molecular weight excluding hydrogens is 286 g/mol. The Balaban J connectivity index is 1.99. The summed E-state index contributed by atoms with van der Waals surface area (Å²) >= 11 is 0. The van der Waals surface area contributed by atoms with Gasteiger partial charge in [-0.05, 0) is 26.2 Å². The van der Waals surface area contributed by atoms with Crippen LogP contribution in [0.4, 0.5) is 4.79 Å². The number of hydrogen-bond donors (Lipinski definition) is 1. The average molecular weight is 309 g/mol. The van der Waals surface area contributed by atoms with Crippen molar-refractivity contribution in [2.75, 3.05) is 6.54 Å². The van der Waals surface area contributed by atoms with E-state index < -0.39 is 23.8 Å². The van der Waals surface area contributed by atoms with Gasteiger partial charge < -0.3 is 5.32 Å². The van der Waals surface area contributed by atoms with Crippen LogP contribution >= 0.6 is 0 Å². The molecule has 0 unspecified atom stereocenters. The van der Waals surface area contributed by atoms with Crippen molar-refractivity contribution in [1.82, 2.24) is 15.1 Å². The molecular formula is C15H23N3O4. The second-order valence-corrected chi connectivity index (χ2v) is 6.04. The lowest BCUT2D eigenvalue weighted by Gasteiger charge is -2.21. The van der Waals surface area contributed by atoms with E-state index in [0.717, 1.165) is 48.3 Å². The van der Waals surface area contributed by atoms with Crippen molar-refractivity contribution >= 4 is 23.8 Å². The molecule has 0 spiro atoms. The molecule has 0 radical (unpaired) electrons. The van der Waals surface area contributed by atoms with Crippen molar-refractivity contribution in [2.45, 2.75) is 64.5 Å². The average Bonchev–Trinajstić information content (AvgIpc) is 3.03. The van der Waals surface area contributed by atoms with E-state index in [0.29, 0.717) is 0 Å². The highest BCUT2D eigenvalue weighted by Crippen LogP contribution is 2.27. The lowest BCUT2D eigenvalue weighted by molar-refractivity contribution is -0.144. The lowest BCUT2D eigenvalue weighted by Crippen LogP contribution is -2.44. The van der Waals surface area contributed by atoms with Gasteiger partial charge in [0.1, 0.15) is 6.54 Å². The van der Waals surface area contributed by atoms with E-state index in [1.54, 1.807) is 0 Å². The van der Waals surface area contributed by atoms with Crippen molar-refractivity contribution in [3.05, 3.63) is 0 Å². The van der Waals surface area contributed by atoms with Crippen molar-refractivity contribution in [3.8, 4) is 0 Å². The molecule has 2 fully saturated rings. The third kappa shape index (κ3) is 3.28. The minimum Gasteiger partial charge on any atom is -0.352 e. The number of amides is 5. The maximum atomic E-state index is 12.3. The molecule has 1 atom stereocenters. The van der Waals surface area contributed by atoms with Crippen LogP contribution in [0.25, 0.3) is 0 Å². The van der Waals surface area contributed by atoms with Crippen LogP contribution in [0.3, 0.4) is 0 Å². The van der Waals surface area contributed by atoms with Gasteiger partial charge in [-0.15, -0.1) is 0 Å². The Morgan fingerprint density at radius 2 is 1.86 bits per heavy atom. The van der Waals surface area contributed by atoms with Crippen LogP contribution in [0.2, 0.25) is 0 Å². The maximum absolute atomic E-state index is 12.3. The van der Waals surface area contributed by atoms with Gasteiger partial charge in [0.05, 0.1) is 0 Å². The Labute approximate surface area is 130 Å². The minimum atomic E-state index is -0.893. The van der Waals surface area contributed by atoms with Crippen LogP contribution in [0.5, 0.6) is 0 Å². The highest BCUT2D eigenvalue weighted by Gasteiger charge is 2.48. The molecule has 0 aromatic rings. The molecule has 0 bridgehead atoms. The SMILES string of the molecule is CCC[C@@H](C)NC(=O)CN1C(=O)C(=O)N(C2CCCC2)C1=O. The lowest BCUT2D eigenvalue weighted by atomic mass is 10.2. The number of imide groups is 2. The van der Waals surface area contributed by atoms with E-state index in [-0.39, 0.29) is 18.6 Å². The number of carbonyl (C=O) groups excluding carboxylic acids is 4. The molecule has 1 saturated heterocycles. The number of carbonyl (C=O) groups is 4. The third-order valence-electron chi connectivity index (χ3n) is 4.20. The molecule has 2 aliphatic rings. The summed E-state index contributed by atoms with van der Waals surface area (Å²) in [5.74, 6) is -2.11. The molecule has 7 heteroatoms. The predicted molar refractivity (Wildman–Crippen MR) is 78.7 cm³/mol. The van der Waals surface area contributed by atoms with Crippen molar-refractivity contribution < 1.29 is 19.2 Å². The monoisotopic (exact) mass is 309 g/mol. The number of nitrogens with zero attached hydrogens (tertiary/aromatic N) is 2. The highest BCUT2D eigenvalue weighted by molar-refractivity contribution is 6.45. The third-order valence-corrected chi connectivity index (χ3v) is 4.20. The zero-order chi connectivity index (χ0) is 16.3. The smallest absolute Gasteiger partial charge is 0.334 e. The fourth-order valence-corrected chi connectivity index (χ4v) is 3.12. The van der Waals surface area contributed by atoms with E-state index in [1.807, 2.05) is 13.8 Å². The van der Waals surface area contributed by atoms with Gasteiger partial charge in [0, 0.05) is 12.1 Å². The topological polar surface area (TPSA) is 86.8 Å². The fourth-order valence-electron chi connectivity index (χ4n) is 3.12. The fraction of sp³-hybridized carbons (Fsp3) is 0.733. The molecule has 0 aromatic heterocycles. The first-order valence-electron chi connectivity index (χ1n) is 7.94. The summed E-state index contributed by atoms with van der Waals surface area (Å²) in [5.41, 5.74) is 0. The van der Waals surface area contributed by atoms with Crippen LogP contribution in [0, 0.1) is 0 Å². The van der Waals surface area contributed by atoms with Crippen LogP contribution in [0.15, 0.2) is 0 Å². The molecule has 7 nitrogen and oxygen atoms in total. The summed E-state index contributed by atoms with van der Waals surface area (Å²) in [5, 5.41) is 2.73. The largest absolute Gasteiger partial charge is 0.352 e. The maximum Gasteiger partial charge on any atom is 0.334 e. The number of hydrogen-bond acceptors (Lipinski definition) is 4. The Kier molecular flexibility index (Phi) is 5.15. The Hall–Kier alpha value is -1.92. The predicted octanol–water partition coefficient (Wildman–Crippen LogP) is 1.02. The van der Waals surface area contributed by atoms with Crippen molar-refractivity contribution in [1.29, 1.82) is 0 Å². The molecule has 122 valence electrons. The molecule has 22 heavy (non-hydrogen) atoms. The number of rotatable bonds is 6. The number of nitrogens with one attached hydrogen (secondary N) is 1. The van der Waals surface area contributed by atoms with Gasteiger partial charge in [-0.25, -0.2) is 9.69 Å². The van der Waals surface area contributed by atoms with Gasteiger partial charge >= 0.3 is 17.8 Å². The first-order valence-corrected chi connectivity index (χ1v) is 7.94. The van der Waals surface area contributed by atoms with Gasteiger partial charge in [0.15, 0.2) is 0 Å². The zero-order valence-corrected chi connectivity index (χ0v) is 13.1. The Morgan fingerprint density at radius 3 is 2.45 bits per heavy atom.